The van der Waals surface area contributed by atoms with Crippen LogP contribution in [0, 0.1) is 0 Å². The molecule has 0 bridgehead atoms. The quantitative estimate of drug-likeness (QED) is 0.911. The van der Waals surface area contributed by atoms with Crippen molar-refractivity contribution < 1.29 is 5.11 Å². The minimum absolute atomic E-state index is 0.362. The second kappa shape index (κ2) is 5.21. The van der Waals surface area contributed by atoms with Gasteiger partial charge in [-0.05, 0) is 34.4 Å². The molecule has 0 aliphatic carbocycles. The van der Waals surface area contributed by atoms with Crippen LogP contribution in [0.3, 0.4) is 0 Å². The van der Waals surface area contributed by atoms with Crippen molar-refractivity contribution in [2.24, 2.45) is 0 Å². The fraction of sp³-hybridized carbons (Fsp3) is 0.571. The Balaban J connectivity index is 2.52. The zero-order chi connectivity index (χ0) is 8.97. The number of hydrogen-bond acceptors (Lipinski definition) is 4. The minimum atomic E-state index is -0.362. The Kier molecular flexibility index (Phi) is 4.56. The van der Waals surface area contributed by atoms with E-state index in [1.807, 2.05) is 6.26 Å². The van der Waals surface area contributed by atoms with Crippen LogP contribution >= 0.6 is 39.0 Å². The fourth-order valence-electron chi connectivity index (χ4n) is 0.818. The molecule has 1 aromatic heterocycles. The zero-order valence-electron chi connectivity index (χ0n) is 6.66. The lowest BCUT2D eigenvalue weighted by atomic mass is 10.2. The highest BCUT2D eigenvalue weighted by atomic mass is 79.9. The maximum absolute atomic E-state index is 9.65. The van der Waals surface area contributed by atoms with Crippen molar-refractivity contribution in [3.05, 3.63) is 15.0 Å². The molecule has 0 aliphatic heterocycles. The summed E-state index contributed by atoms with van der Waals surface area (Å²) in [6, 6.07) is 0. The standard InChI is InChI=1S/C7H10BrNOS2/c1-11-3-2-5(10)6-7(8)9-4-12-6/h4-5,10H,2-3H2,1H3. The summed E-state index contributed by atoms with van der Waals surface area (Å²) in [6.07, 6.45) is 2.47. The molecule has 1 heterocycles. The van der Waals surface area contributed by atoms with Gasteiger partial charge < -0.3 is 5.11 Å². The molecule has 1 unspecified atom stereocenters. The van der Waals surface area contributed by atoms with Gasteiger partial charge in [-0.2, -0.15) is 11.8 Å². The Morgan fingerprint density at radius 2 is 2.58 bits per heavy atom. The van der Waals surface area contributed by atoms with Crippen molar-refractivity contribution in [3.63, 3.8) is 0 Å². The van der Waals surface area contributed by atoms with E-state index in [-0.39, 0.29) is 6.10 Å². The number of hydrogen-bond donors (Lipinski definition) is 1. The number of nitrogens with zero attached hydrogens (tertiary/aromatic N) is 1. The molecule has 1 N–H and O–H groups in total. The molecule has 0 radical (unpaired) electrons. The first-order chi connectivity index (χ1) is 5.75. The van der Waals surface area contributed by atoms with Gasteiger partial charge in [0.2, 0.25) is 0 Å². The molecule has 0 amide bonds. The van der Waals surface area contributed by atoms with Crippen LogP contribution in [0.15, 0.2) is 10.1 Å². The van der Waals surface area contributed by atoms with Crippen LogP contribution in [0.5, 0.6) is 0 Å². The van der Waals surface area contributed by atoms with Crippen molar-refractivity contribution in [2.75, 3.05) is 12.0 Å². The largest absolute Gasteiger partial charge is 0.387 e. The van der Waals surface area contributed by atoms with Gasteiger partial charge in [-0.15, -0.1) is 11.3 Å². The van der Waals surface area contributed by atoms with Crippen molar-refractivity contribution >= 4 is 39.0 Å². The van der Waals surface area contributed by atoms with E-state index in [4.69, 9.17) is 0 Å². The van der Waals surface area contributed by atoms with Gasteiger partial charge >= 0.3 is 0 Å². The maximum Gasteiger partial charge on any atom is 0.122 e. The molecule has 0 saturated heterocycles. The van der Waals surface area contributed by atoms with Crippen molar-refractivity contribution in [1.29, 1.82) is 0 Å². The van der Waals surface area contributed by atoms with Crippen LogP contribution in [-0.2, 0) is 0 Å². The molecule has 1 aromatic rings. The summed E-state index contributed by atoms with van der Waals surface area (Å²) in [6.45, 7) is 0. The molecule has 1 rings (SSSR count). The number of halogens is 1. The number of thiazole rings is 1. The number of aromatic nitrogens is 1. The lowest BCUT2D eigenvalue weighted by Crippen LogP contribution is -1.96. The van der Waals surface area contributed by atoms with Gasteiger partial charge in [-0.1, -0.05) is 0 Å². The first kappa shape index (κ1) is 10.5. The minimum Gasteiger partial charge on any atom is -0.387 e. The van der Waals surface area contributed by atoms with Crippen LogP contribution in [0.4, 0.5) is 0 Å². The Morgan fingerprint density at radius 1 is 1.83 bits per heavy atom. The first-order valence-corrected chi connectivity index (χ1v) is 6.58. The molecule has 0 spiro atoms. The predicted octanol–water partition coefficient (Wildman–Crippen LogP) is 2.69. The summed E-state index contributed by atoms with van der Waals surface area (Å²) in [5.41, 5.74) is 1.74. The lowest BCUT2D eigenvalue weighted by molar-refractivity contribution is 0.178. The summed E-state index contributed by atoms with van der Waals surface area (Å²) in [7, 11) is 0. The van der Waals surface area contributed by atoms with Crippen LogP contribution < -0.4 is 0 Å². The number of rotatable bonds is 4. The maximum atomic E-state index is 9.65. The van der Waals surface area contributed by atoms with Gasteiger partial charge in [-0.25, -0.2) is 4.98 Å². The van der Waals surface area contributed by atoms with E-state index in [2.05, 4.69) is 20.9 Å². The number of aliphatic hydroxyl groups excluding tert-OH is 1. The van der Waals surface area contributed by atoms with Crippen LogP contribution in [0.1, 0.15) is 17.4 Å². The Labute approximate surface area is 88.5 Å². The smallest absolute Gasteiger partial charge is 0.122 e. The van der Waals surface area contributed by atoms with E-state index in [9.17, 15) is 5.11 Å². The van der Waals surface area contributed by atoms with Gasteiger partial charge in [0, 0.05) is 0 Å². The highest BCUT2D eigenvalue weighted by Crippen LogP contribution is 2.28. The van der Waals surface area contributed by atoms with E-state index in [0.29, 0.717) is 0 Å². The molecular weight excluding hydrogens is 258 g/mol. The molecule has 0 aliphatic rings. The van der Waals surface area contributed by atoms with E-state index >= 15 is 0 Å². The third-order valence-electron chi connectivity index (χ3n) is 1.45. The summed E-state index contributed by atoms with van der Waals surface area (Å²) >= 11 is 6.52. The molecule has 0 saturated carbocycles. The molecule has 0 aromatic carbocycles. The molecule has 5 heteroatoms. The normalized spacial score (nSPS) is 13.2. The lowest BCUT2D eigenvalue weighted by Gasteiger charge is -2.06. The zero-order valence-corrected chi connectivity index (χ0v) is 9.88. The molecule has 68 valence electrons. The van der Waals surface area contributed by atoms with E-state index in [1.54, 1.807) is 17.3 Å². The van der Waals surface area contributed by atoms with Gasteiger partial charge in [0.05, 0.1) is 16.5 Å². The number of thioether (sulfide) groups is 1. The van der Waals surface area contributed by atoms with Gasteiger partial charge in [0.15, 0.2) is 0 Å². The van der Waals surface area contributed by atoms with Crippen molar-refractivity contribution in [2.45, 2.75) is 12.5 Å². The van der Waals surface area contributed by atoms with Crippen LogP contribution in [0.25, 0.3) is 0 Å². The molecule has 2 nitrogen and oxygen atoms in total. The summed E-state index contributed by atoms with van der Waals surface area (Å²) in [5.74, 6) is 0.978. The third kappa shape index (κ3) is 2.73. The second-order valence-electron chi connectivity index (χ2n) is 2.30. The SMILES string of the molecule is CSCCC(O)c1scnc1Br. The van der Waals surface area contributed by atoms with E-state index in [1.165, 1.54) is 11.3 Å². The average Bonchev–Trinajstić information content (AvgIpc) is 2.47. The summed E-state index contributed by atoms with van der Waals surface area (Å²) in [4.78, 5) is 4.95. The Hall–Kier alpha value is 0.420. The Bertz CT molecular complexity index is 241. The van der Waals surface area contributed by atoms with Crippen LogP contribution in [0.2, 0.25) is 0 Å². The van der Waals surface area contributed by atoms with Crippen molar-refractivity contribution in [1.82, 2.24) is 4.98 Å². The first-order valence-electron chi connectivity index (χ1n) is 3.51. The van der Waals surface area contributed by atoms with E-state index in [0.717, 1.165) is 21.7 Å². The van der Waals surface area contributed by atoms with E-state index < -0.39 is 0 Å². The topological polar surface area (TPSA) is 33.1 Å². The monoisotopic (exact) mass is 267 g/mol. The third-order valence-corrected chi connectivity index (χ3v) is 3.92. The number of aliphatic hydroxyl groups is 1. The molecule has 0 fully saturated rings. The summed E-state index contributed by atoms with van der Waals surface area (Å²) < 4.78 is 0.779. The highest BCUT2D eigenvalue weighted by molar-refractivity contribution is 9.10. The van der Waals surface area contributed by atoms with Crippen molar-refractivity contribution in [3.8, 4) is 0 Å². The predicted molar refractivity (Wildman–Crippen MR) is 57.8 cm³/mol. The fourth-order valence-corrected chi connectivity index (χ4v) is 2.76. The Morgan fingerprint density at radius 3 is 3.08 bits per heavy atom. The van der Waals surface area contributed by atoms with Crippen LogP contribution in [-0.4, -0.2) is 22.1 Å². The second-order valence-corrected chi connectivity index (χ2v) is 4.93. The van der Waals surface area contributed by atoms with Gasteiger partial charge in [0.25, 0.3) is 0 Å². The molecule has 12 heavy (non-hydrogen) atoms. The highest BCUT2D eigenvalue weighted by Gasteiger charge is 2.12. The molecule has 1 atom stereocenters. The molecular formula is C7H10BrNOS2. The average molecular weight is 268 g/mol. The van der Waals surface area contributed by atoms with Gasteiger partial charge in [-0.3, -0.25) is 0 Å². The van der Waals surface area contributed by atoms with Gasteiger partial charge in [0.1, 0.15) is 4.60 Å². The summed E-state index contributed by atoms with van der Waals surface area (Å²) in [5, 5.41) is 9.65.